The number of ketones is 1. The maximum absolute atomic E-state index is 13.2. The predicted molar refractivity (Wildman–Crippen MR) is 130 cm³/mol. The number of benzene rings is 1. The number of aliphatic hydroxyl groups is 1. The van der Waals surface area contributed by atoms with Crippen LogP contribution in [0.4, 0.5) is 13.2 Å². The topological polar surface area (TPSA) is 160 Å². The highest BCUT2D eigenvalue weighted by Gasteiger charge is 2.35. The van der Waals surface area contributed by atoms with Crippen LogP contribution in [0.3, 0.4) is 0 Å². The van der Waals surface area contributed by atoms with Gasteiger partial charge in [0, 0.05) is 18.3 Å². The molecule has 3 atom stereocenters. The minimum atomic E-state index is -4.90. The summed E-state index contributed by atoms with van der Waals surface area (Å²) in [7, 11) is -4.13. The average Bonchev–Trinajstić information content (AvgIpc) is 3.44. The Balaban J connectivity index is 1.44. The van der Waals surface area contributed by atoms with Gasteiger partial charge in [0.15, 0.2) is 0 Å². The second-order valence-corrected chi connectivity index (χ2v) is 10.7. The Morgan fingerprint density at radius 1 is 1.26 bits per heavy atom. The number of halogens is 4. The number of nitrogens with zero attached hydrogens (tertiary/aromatic N) is 4. The van der Waals surface area contributed by atoms with E-state index in [0.717, 1.165) is 6.07 Å². The quantitative estimate of drug-likeness (QED) is 0.339. The molecule has 210 valence electrons. The van der Waals surface area contributed by atoms with Crippen molar-refractivity contribution in [3.63, 3.8) is 0 Å². The van der Waals surface area contributed by atoms with Gasteiger partial charge in [-0.25, -0.2) is 15.1 Å². The van der Waals surface area contributed by atoms with E-state index in [0.29, 0.717) is 30.5 Å². The lowest BCUT2D eigenvalue weighted by Gasteiger charge is -2.13. The van der Waals surface area contributed by atoms with E-state index in [1.807, 2.05) is 0 Å². The van der Waals surface area contributed by atoms with E-state index >= 15 is 0 Å². The summed E-state index contributed by atoms with van der Waals surface area (Å²) < 4.78 is 69.9. The van der Waals surface area contributed by atoms with Crippen molar-refractivity contribution in [2.24, 2.45) is 17.0 Å². The first-order valence-electron chi connectivity index (χ1n) is 11.5. The summed E-state index contributed by atoms with van der Waals surface area (Å²) in [5.41, 5.74) is 1.11. The molecule has 0 amide bonds. The second-order valence-electron chi connectivity index (χ2n) is 9.07. The van der Waals surface area contributed by atoms with Gasteiger partial charge in [-0.2, -0.15) is 13.5 Å². The van der Waals surface area contributed by atoms with E-state index in [1.54, 1.807) is 0 Å². The first-order valence-corrected chi connectivity index (χ1v) is 13.4. The minimum Gasteiger partial charge on any atom is -0.404 e. The summed E-state index contributed by atoms with van der Waals surface area (Å²) in [4.78, 5) is 21.4. The Morgan fingerprint density at radius 3 is 2.74 bits per heavy atom. The molecule has 1 aromatic carbocycles. The number of hydrogen-bond acceptors (Lipinski definition) is 9. The molecule has 39 heavy (non-hydrogen) atoms. The molecule has 0 unspecified atom stereocenters. The van der Waals surface area contributed by atoms with Crippen LogP contribution in [0.1, 0.15) is 40.2 Å². The molecule has 0 saturated heterocycles. The van der Waals surface area contributed by atoms with Crippen LogP contribution in [-0.4, -0.2) is 58.1 Å². The van der Waals surface area contributed by atoms with Crippen molar-refractivity contribution in [2.75, 3.05) is 6.61 Å². The first-order chi connectivity index (χ1) is 18.3. The van der Waals surface area contributed by atoms with Gasteiger partial charge >= 0.3 is 16.7 Å². The SMILES string of the molecule is NS(=O)(=O)OC[C@H]1C[C@@H](Cc2ncncc2C(=O)c2ccn(Cc3ccc(Cl)c(OC(F)(F)F)c3)n2)C[C@@H]1O. The number of alkyl halides is 3. The van der Waals surface area contributed by atoms with Gasteiger partial charge in [-0.3, -0.25) is 13.7 Å². The molecule has 1 fully saturated rings. The number of aromatic nitrogens is 4. The third-order valence-electron chi connectivity index (χ3n) is 6.16. The fraction of sp³-hybridized carbons (Fsp3) is 0.391. The van der Waals surface area contributed by atoms with Gasteiger partial charge < -0.3 is 9.84 Å². The van der Waals surface area contributed by atoms with Crippen molar-refractivity contribution in [3.8, 4) is 5.75 Å². The summed E-state index contributed by atoms with van der Waals surface area (Å²) in [5.74, 6) is -1.56. The molecule has 1 saturated carbocycles. The standard InChI is InChI=1S/C23H23ClF3N5O6S/c24-17-2-1-13(8-21(17)38-23(25,26)27)10-32-4-3-18(31-32)22(34)16-9-29-12-30-19(16)6-14-5-15(20(33)7-14)11-37-39(28,35)36/h1-4,8-9,12,14-15,20,33H,5-7,10-11H2,(H2,28,35,36)/t14-,15+,20-/m0/s1. The number of ether oxygens (including phenoxy) is 1. The molecule has 16 heteroatoms. The molecule has 0 spiro atoms. The fourth-order valence-electron chi connectivity index (χ4n) is 4.47. The Morgan fingerprint density at radius 2 is 2.03 bits per heavy atom. The Labute approximate surface area is 226 Å². The van der Waals surface area contributed by atoms with E-state index in [1.165, 1.54) is 41.6 Å². The zero-order valence-electron chi connectivity index (χ0n) is 20.1. The van der Waals surface area contributed by atoms with Crippen molar-refractivity contribution in [2.45, 2.75) is 38.3 Å². The van der Waals surface area contributed by atoms with E-state index in [2.05, 4.69) is 24.0 Å². The van der Waals surface area contributed by atoms with Gasteiger partial charge in [0.1, 0.15) is 17.8 Å². The normalized spacial score (nSPS) is 19.8. The van der Waals surface area contributed by atoms with Crippen LogP contribution in [0, 0.1) is 11.8 Å². The van der Waals surface area contributed by atoms with Gasteiger partial charge in [0.05, 0.1) is 35.5 Å². The third kappa shape index (κ3) is 7.95. The average molecular weight is 590 g/mol. The van der Waals surface area contributed by atoms with Crippen molar-refractivity contribution < 1.29 is 40.4 Å². The maximum Gasteiger partial charge on any atom is 0.573 e. The van der Waals surface area contributed by atoms with Crippen LogP contribution < -0.4 is 9.88 Å². The number of nitrogens with two attached hydrogens (primary N) is 1. The molecule has 4 rings (SSSR count). The first kappa shape index (κ1) is 28.9. The molecule has 11 nitrogen and oxygen atoms in total. The van der Waals surface area contributed by atoms with Crippen LogP contribution in [0.2, 0.25) is 5.02 Å². The monoisotopic (exact) mass is 589 g/mol. The number of carbonyl (C=O) groups is 1. The molecule has 3 aromatic rings. The zero-order valence-corrected chi connectivity index (χ0v) is 21.7. The fourth-order valence-corrected chi connectivity index (χ4v) is 4.99. The zero-order chi connectivity index (χ0) is 28.4. The molecule has 0 bridgehead atoms. The summed E-state index contributed by atoms with van der Waals surface area (Å²) in [6, 6.07) is 5.38. The number of hydrogen-bond donors (Lipinski definition) is 2. The van der Waals surface area contributed by atoms with Gasteiger partial charge in [0.25, 0.3) is 0 Å². The number of aliphatic hydroxyl groups excluding tert-OH is 1. The van der Waals surface area contributed by atoms with E-state index in [-0.39, 0.29) is 35.3 Å². The smallest absolute Gasteiger partial charge is 0.404 e. The molecule has 3 N–H and O–H groups in total. The molecule has 1 aliphatic carbocycles. The summed E-state index contributed by atoms with van der Waals surface area (Å²) in [6.07, 6.45) is -0.451. The summed E-state index contributed by atoms with van der Waals surface area (Å²) in [5, 5.41) is 19.2. The minimum absolute atomic E-state index is 0.0404. The maximum atomic E-state index is 13.2. The van der Waals surface area contributed by atoms with Crippen molar-refractivity contribution >= 4 is 27.7 Å². The van der Waals surface area contributed by atoms with Gasteiger partial charge in [0.2, 0.25) is 5.78 Å². The van der Waals surface area contributed by atoms with Crippen LogP contribution in [-0.2, 0) is 27.5 Å². The number of carbonyl (C=O) groups excluding carboxylic acids is 1. The van der Waals surface area contributed by atoms with Crippen LogP contribution in [0.15, 0.2) is 43.0 Å². The molecule has 0 aliphatic heterocycles. The Kier molecular flexibility index (Phi) is 8.56. The molecule has 1 aliphatic rings. The summed E-state index contributed by atoms with van der Waals surface area (Å²) >= 11 is 5.79. The highest BCUT2D eigenvalue weighted by atomic mass is 35.5. The van der Waals surface area contributed by atoms with Gasteiger partial charge in [-0.15, -0.1) is 13.2 Å². The van der Waals surface area contributed by atoms with E-state index in [4.69, 9.17) is 16.7 Å². The van der Waals surface area contributed by atoms with Gasteiger partial charge in [-0.05, 0) is 48.9 Å². The lowest BCUT2D eigenvalue weighted by Crippen LogP contribution is -2.24. The molecule has 2 aromatic heterocycles. The third-order valence-corrected chi connectivity index (χ3v) is 6.94. The van der Waals surface area contributed by atoms with Crippen LogP contribution in [0.5, 0.6) is 5.75 Å². The van der Waals surface area contributed by atoms with E-state index < -0.39 is 40.2 Å². The summed E-state index contributed by atoms with van der Waals surface area (Å²) in [6.45, 7) is -0.209. The Hall–Kier alpha value is -3.11. The molecular weight excluding hydrogens is 567 g/mol. The van der Waals surface area contributed by atoms with Gasteiger partial charge in [-0.1, -0.05) is 17.7 Å². The molecular formula is C23H23ClF3N5O6S. The molecule has 2 heterocycles. The highest BCUT2D eigenvalue weighted by molar-refractivity contribution is 7.84. The second kappa shape index (κ2) is 11.6. The highest BCUT2D eigenvalue weighted by Crippen LogP contribution is 2.34. The largest absolute Gasteiger partial charge is 0.573 e. The van der Waals surface area contributed by atoms with Crippen molar-refractivity contribution in [1.29, 1.82) is 0 Å². The van der Waals surface area contributed by atoms with Crippen LogP contribution in [0.25, 0.3) is 0 Å². The lowest BCUT2D eigenvalue weighted by molar-refractivity contribution is -0.274. The van der Waals surface area contributed by atoms with Crippen molar-refractivity contribution in [3.05, 3.63) is 70.5 Å². The van der Waals surface area contributed by atoms with Crippen LogP contribution >= 0.6 is 11.6 Å². The number of rotatable bonds is 10. The predicted octanol–water partition coefficient (Wildman–Crippen LogP) is 2.65. The molecule has 0 radical (unpaired) electrons. The Bertz CT molecular complexity index is 1450. The van der Waals surface area contributed by atoms with Crippen molar-refractivity contribution in [1.82, 2.24) is 19.7 Å². The van der Waals surface area contributed by atoms with E-state index in [9.17, 15) is 31.5 Å². The lowest BCUT2D eigenvalue weighted by atomic mass is 9.96.